The summed E-state index contributed by atoms with van der Waals surface area (Å²) in [5.41, 5.74) is 3.56. The van der Waals surface area contributed by atoms with Crippen LogP contribution in [0, 0.1) is 13.8 Å². The lowest BCUT2D eigenvalue weighted by Gasteiger charge is -2.20. The molecule has 0 fully saturated rings. The van der Waals surface area contributed by atoms with E-state index in [2.05, 4.69) is 5.10 Å². The van der Waals surface area contributed by atoms with Crippen molar-refractivity contribution < 1.29 is 9.21 Å². The molecule has 5 nitrogen and oxygen atoms in total. The van der Waals surface area contributed by atoms with Gasteiger partial charge in [-0.2, -0.15) is 9.61 Å². The van der Waals surface area contributed by atoms with Crippen LogP contribution < -0.4 is 4.90 Å². The molecule has 2 heterocycles. The molecule has 0 aliphatic rings. The number of carbonyl (C=O) groups is 1. The number of amides is 1. The van der Waals surface area contributed by atoms with Crippen molar-refractivity contribution in [1.82, 2.24) is 9.61 Å². The molecule has 1 amide bonds. The van der Waals surface area contributed by atoms with Crippen molar-refractivity contribution in [3.8, 4) is 11.3 Å². The largest absolute Gasteiger partial charge is 0.439 e. The molecule has 0 saturated heterocycles. The molecule has 1 aromatic carbocycles. The molecular weight excluding hydrogens is 373 g/mol. The van der Waals surface area contributed by atoms with Gasteiger partial charge in [0.2, 0.25) is 11.6 Å². The van der Waals surface area contributed by atoms with Crippen LogP contribution in [0.1, 0.15) is 38.1 Å². The summed E-state index contributed by atoms with van der Waals surface area (Å²) in [5.74, 6) is 0.725. The minimum atomic E-state index is 0.0463. The van der Waals surface area contributed by atoms with E-state index in [1.165, 1.54) is 0 Å². The summed E-state index contributed by atoms with van der Waals surface area (Å²) in [6, 6.07) is 5.32. The molecule has 0 aliphatic carbocycles. The maximum atomic E-state index is 12.5. The highest BCUT2D eigenvalue weighted by Gasteiger charge is 2.27. The number of halogens is 2. The van der Waals surface area contributed by atoms with Crippen molar-refractivity contribution in [3.05, 3.63) is 39.7 Å². The molecule has 0 unspecified atom stereocenters. The highest BCUT2D eigenvalue weighted by molar-refractivity contribution is 6.36. The van der Waals surface area contributed by atoms with Crippen LogP contribution in [-0.4, -0.2) is 22.1 Å². The van der Waals surface area contributed by atoms with Crippen molar-refractivity contribution >= 4 is 40.5 Å². The van der Waals surface area contributed by atoms with E-state index in [4.69, 9.17) is 27.6 Å². The molecule has 0 N–H and O–H groups in total. The fourth-order valence-corrected chi connectivity index (χ4v) is 3.65. The minimum absolute atomic E-state index is 0.0463. The van der Waals surface area contributed by atoms with Gasteiger partial charge >= 0.3 is 0 Å². The molecule has 138 valence electrons. The summed E-state index contributed by atoms with van der Waals surface area (Å²) in [4.78, 5) is 14.2. The standard InChI is InChI=1S/C19H21Cl2N3O2/c1-5-9-23(16(25)6-2)17-11(3)22-24-18(12(4)26-19(17)24)14-8-7-13(20)10-15(14)21/h7-8,10H,5-6,9H2,1-4H3. The van der Waals surface area contributed by atoms with Crippen LogP contribution in [0.2, 0.25) is 10.0 Å². The van der Waals surface area contributed by atoms with E-state index in [1.54, 1.807) is 21.5 Å². The number of aromatic nitrogens is 2. The third kappa shape index (κ3) is 3.10. The number of oxazole rings is 1. The van der Waals surface area contributed by atoms with Crippen LogP contribution in [0.25, 0.3) is 17.0 Å². The topological polar surface area (TPSA) is 50.8 Å². The van der Waals surface area contributed by atoms with Gasteiger partial charge in [-0.25, -0.2) is 0 Å². The van der Waals surface area contributed by atoms with E-state index >= 15 is 0 Å². The summed E-state index contributed by atoms with van der Waals surface area (Å²) in [7, 11) is 0. The Kier molecular flexibility index (Phi) is 5.30. The predicted molar refractivity (Wildman–Crippen MR) is 105 cm³/mol. The van der Waals surface area contributed by atoms with Gasteiger partial charge in [0.05, 0.1) is 10.7 Å². The van der Waals surface area contributed by atoms with Crippen LogP contribution in [0.4, 0.5) is 5.69 Å². The zero-order valence-corrected chi connectivity index (χ0v) is 16.8. The molecule has 0 radical (unpaired) electrons. The van der Waals surface area contributed by atoms with Gasteiger partial charge in [0.1, 0.15) is 17.1 Å². The molecule has 0 atom stereocenters. The molecular formula is C19H21Cl2N3O2. The van der Waals surface area contributed by atoms with Crippen molar-refractivity contribution in [2.24, 2.45) is 0 Å². The number of fused-ring (bicyclic) bond motifs is 1. The van der Waals surface area contributed by atoms with E-state index < -0.39 is 0 Å². The molecule has 3 aromatic rings. The van der Waals surface area contributed by atoms with Crippen molar-refractivity contribution in [2.75, 3.05) is 11.4 Å². The van der Waals surface area contributed by atoms with Crippen LogP contribution in [0.5, 0.6) is 0 Å². The normalized spacial score (nSPS) is 11.3. The SMILES string of the molecule is CCCN(C(=O)CC)c1c(C)nn2c(-c3ccc(Cl)cc3Cl)c(C)oc12. The summed E-state index contributed by atoms with van der Waals surface area (Å²) in [5, 5.41) is 5.72. The first-order valence-corrected chi connectivity index (χ1v) is 9.39. The third-order valence-electron chi connectivity index (χ3n) is 4.29. The van der Waals surface area contributed by atoms with Crippen LogP contribution in [0.3, 0.4) is 0 Å². The minimum Gasteiger partial charge on any atom is -0.439 e. The Bertz CT molecular complexity index is 975. The number of hydrogen-bond acceptors (Lipinski definition) is 3. The third-order valence-corrected chi connectivity index (χ3v) is 4.84. The average molecular weight is 394 g/mol. The van der Waals surface area contributed by atoms with Gasteiger partial charge in [0.15, 0.2) is 0 Å². The molecule has 0 bridgehead atoms. The van der Waals surface area contributed by atoms with Gasteiger partial charge in [0, 0.05) is 23.6 Å². The number of benzene rings is 1. The van der Waals surface area contributed by atoms with Gasteiger partial charge in [-0.3, -0.25) is 4.79 Å². The van der Waals surface area contributed by atoms with Gasteiger partial charge in [-0.05, 0) is 38.5 Å². The number of aryl methyl sites for hydroxylation is 2. The van der Waals surface area contributed by atoms with Crippen LogP contribution in [0.15, 0.2) is 22.6 Å². The van der Waals surface area contributed by atoms with Crippen LogP contribution in [-0.2, 0) is 4.79 Å². The molecule has 0 spiro atoms. The summed E-state index contributed by atoms with van der Waals surface area (Å²) in [6.07, 6.45) is 1.27. The smallest absolute Gasteiger partial charge is 0.247 e. The quantitative estimate of drug-likeness (QED) is 0.560. The van der Waals surface area contributed by atoms with E-state index in [0.717, 1.165) is 29.1 Å². The summed E-state index contributed by atoms with van der Waals surface area (Å²) < 4.78 is 7.75. The fraction of sp³-hybridized carbons (Fsp3) is 0.368. The van der Waals surface area contributed by atoms with Crippen molar-refractivity contribution in [2.45, 2.75) is 40.5 Å². The Labute approximate surface area is 162 Å². The first kappa shape index (κ1) is 18.8. The Hall–Kier alpha value is -1.98. The second-order valence-electron chi connectivity index (χ2n) is 6.18. The maximum absolute atomic E-state index is 12.5. The van der Waals surface area contributed by atoms with Gasteiger partial charge in [0.25, 0.3) is 0 Å². The highest BCUT2D eigenvalue weighted by Crippen LogP contribution is 2.38. The number of anilines is 1. The molecule has 2 aromatic heterocycles. The van der Waals surface area contributed by atoms with E-state index in [-0.39, 0.29) is 5.91 Å². The molecule has 26 heavy (non-hydrogen) atoms. The number of nitrogens with zero attached hydrogens (tertiary/aromatic N) is 3. The van der Waals surface area contributed by atoms with Crippen molar-refractivity contribution in [1.29, 1.82) is 0 Å². The molecule has 7 heteroatoms. The van der Waals surface area contributed by atoms with E-state index in [1.807, 2.05) is 33.8 Å². The second kappa shape index (κ2) is 7.33. The average Bonchev–Trinajstić information content (AvgIpc) is 3.06. The van der Waals surface area contributed by atoms with Gasteiger partial charge < -0.3 is 9.32 Å². The lowest BCUT2D eigenvalue weighted by atomic mass is 10.1. The zero-order chi connectivity index (χ0) is 19.0. The van der Waals surface area contributed by atoms with E-state index in [0.29, 0.717) is 34.5 Å². The monoisotopic (exact) mass is 393 g/mol. The number of hydrogen-bond donors (Lipinski definition) is 0. The lowest BCUT2D eigenvalue weighted by molar-refractivity contribution is -0.118. The van der Waals surface area contributed by atoms with Crippen molar-refractivity contribution in [3.63, 3.8) is 0 Å². The van der Waals surface area contributed by atoms with Gasteiger partial charge in [-0.15, -0.1) is 0 Å². The Morgan fingerprint density at radius 3 is 2.62 bits per heavy atom. The second-order valence-corrected chi connectivity index (χ2v) is 7.02. The van der Waals surface area contributed by atoms with Gasteiger partial charge in [-0.1, -0.05) is 37.0 Å². The van der Waals surface area contributed by atoms with Crippen LogP contribution >= 0.6 is 23.2 Å². The first-order chi connectivity index (χ1) is 12.4. The molecule has 3 rings (SSSR count). The number of rotatable bonds is 5. The predicted octanol–water partition coefficient (Wildman–Crippen LogP) is 5.67. The highest BCUT2D eigenvalue weighted by atomic mass is 35.5. The maximum Gasteiger partial charge on any atom is 0.247 e. The summed E-state index contributed by atoms with van der Waals surface area (Å²) in [6.45, 7) is 8.25. The lowest BCUT2D eigenvalue weighted by Crippen LogP contribution is -2.31. The molecule has 0 aliphatic heterocycles. The Morgan fingerprint density at radius 1 is 1.27 bits per heavy atom. The Morgan fingerprint density at radius 2 is 2.00 bits per heavy atom. The zero-order valence-electron chi connectivity index (χ0n) is 15.3. The number of carbonyl (C=O) groups excluding carboxylic acids is 1. The fourth-order valence-electron chi connectivity index (χ4n) is 3.16. The van der Waals surface area contributed by atoms with E-state index in [9.17, 15) is 4.79 Å². The molecule has 0 saturated carbocycles. The summed E-state index contributed by atoms with van der Waals surface area (Å²) >= 11 is 12.4. The Balaban J connectivity index is 2.24. The first-order valence-electron chi connectivity index (χ1n) is 8.63.